The molecule has 0 aromatic heterocycles. The Morgan fingerprint density at radius 2 is 1.93 bits per heavy atom. The molecule has 3 N–H and O–H groups in total. The second-order valence-corrected chi connectivity index (χ2v) is 4.24. The van der Waals surface area contributed by atoms with Crippen molar-refractivity contribution in [3.63, 3.8) is 0 Å². The lowest BCUT2D eigenvalue weighted by Gasteiger charge is -2.40. The average molecular weight is 236 g/mol. The maximum Gasteiger partial charge on any atom is 0.227 e. The maximum atomic E-state index is 12.0. The molecule has 1 saturated heterocycles. The van der Waals surface area contributed by atoms with Crippen LogP contribution in [-0.2, 0) is 4.79 Å². The number of halogens is 1. The van der Waals surface area contributed by atoms with E-state index in [1.807, 2.05) is 11.8 Å². The van der Waals surface area contributed by atoms with Crippen LogP contribution in [0.3, 0.4) is 0 Å². The molecule has 1 aliphatic rings. The number of carbonyl (C=O) groups is 1. The molecule has 90 valence electrons. The largest absolute Gasteiger partial charge is 0.334 e. The van der Waals surface area contributed by atoms with Gasteiger partial charge in [0.05, 0.1) is 0 Å². The van der Waals surface area contributed by atoms with E-state index in [0.717, 1.165) is 13.1 Å². The molecule has 0 aromatic rings. The van der Waals surface area contributed by atoms with E-state index in [-0.39, 0.29) is 36.3 Å². The van der Waals surface area contributed by atoms with E-state index >= 15 is 0 Å². The van der Waals surface area contributed by atoms with Crippen LogP contribution in [0.1, 0.15) is 20.8 Å². The van der Waals surface area contributed by atoms with Crippen LogP contribution in [-0.4, -0.2) is 42.5 Å². The molecule has 0 radical (unpaired) electrons. The van der Waals surface area contributed by atoms with Crippen molar-refractivity contribution in [1.29, 1.82) is 0 Å². The zero-order chi connectivity index (χ0) is 10.7. The maximum absolute atomic E-state index is 12.0. The molecule has 4 nitrogen and oxygen atoms in total. The first-order chi connectivity index (χ1) is 6.57. The normalized spacial score (nSPS) is 28.1. The molecule has 0 spiro atoms. The molecule has 1 fully saturated rings. The molecule has 1 unspecified atom stereocenters. The van der Waals surface area contributed by atoms with E-state index in [2.05, 4.69) is 19.2 Å². The smallest absolute Gasteiger partial charge is 0.227 e. The number of nitrogens with two attached hydrogens (primary N) is 1. The summed E-state index contributed by atoms with van der Waals surface area (Å²) in [5.41, 5.74) is 5.51. The number of nitrogens with one attached hydrogen (secondary N) is 1. The summed E-state index contributed by atoms with van der Waals surface area (Å²) in [6.45, 7) is 8.24. The van der Waals surface area contributed by atoms with Crippen LogP contribution in [0.5, 0.6) is 0 Å². The SMILES string of the molecule is CC(CN)C(=O)N1[C@H](C)CNC[C@@H]1C.Cl. The van der Waals surface area contributed by atoms with Gasteiger partial charge in [-0.3, -0.25) is 4.79 Å². The fourth-order valence-electron chi connectivity index (χ4n) is 1.92. The van der Waals surface area contributed by atoms with Gasteiger partial charge in [0.25, 0.3) is 0 Å². The molecule has 1 aliphatic heterocycles. The summed E-state index contributed by atoms with van der Waals surface area (Å²) >= 11 is 0. The Morgan fingerprint density at radius 3 is 2.33 bits per heavy atom. The van der Waals surface area contributed by atoms with Gasteiger partial charge in [-0.05, 0) is 13.8 Å². The highest BCUT2D eigenvalue weighted by atomic mass is 35.5. The van der Waals surface area contributed by atoms with Crippen LogP contribution in [0.2, 0.25) is 0 Å². The highest BCUT2D eigenvalue weighted by Crippen LogP contribution is 2.13. The van der Waals surface area contributed by atoms with Crippen molar-refractivity contribution in [2.24, 2.45) is 11.7 Å². The topological polar surface area (TPSA) is 58.4 Å². The van der Waals surface area contributed by atoms with Gasteiger partial charge in [0.1, 0.15) is 0 Å². The molecule has 15 heavy (non-hydrogen) atoms. The van der Waals surface area contributed by atoms with E-state index in [9.17, 15) is 4.79 Å². The fraction of sp³-hybridized carbons (Fsp3) is 0.900. The third kappa shape index (κ3) is 3.33. The average Bonchev–Trinajstić information content (AvgIpc) is 2.16. The van der Waals surface area contributed by atoms with Crippen LogP contribution in [0.15, 0.2) is 0 Å². The Morgan fingerprint density at radius 1 is 1.47 bits per heavy atom. The molecule has 1 rings (SSSR count). The number of rotatable bonds is 2. The zero-order valence-electron chi connectivity index (χ0n) is 9.69. The first kappa shape index (κ1) is 14.7. The molecule has 0 aliphatic carbocycles. The molecule has 5 heteroatoms. The van der Waals surface area contributed by atoms with Crippen molar-refractivity contribution in [3.05, 3.63) is 0 Å². The summed E-state index contributed by atoms with van der Waals surface area (Å²) in [5, 5.41) is 3.30. The lowest BCUT2D eigenvalue weighted by Crippen LogP contribution is -2.58. The van der Waals surface area contributed by atoms with Gasteiger partial charge in [-0.25, -0.2) is 0 Å². The van der Waals surface area contributed by atoms with Crippen molar-refractivity contribution in [1.82, 2.24) is 10.2 Å². The first-order valence-electron chi connectivity index (χ1n) is 5.30. The monoisotopic (exact) mass is 235 g/mol. The van der Waals surface area contributed by atoms with Gasteiger partial charge in [-0.15, -0.1) is 12.4 Å². The molecular weight excluding hydrogens is 214 g/mol. The van der Waals surface area contributed by atoms with Crippen molar-refractivity contribution < 1.29 is 4.79 Å². The van der Waals surface area contributed by atoms with Gasteiger partial charge >= 0.3 is 0 Å². The molecule has 1 amide bonds. The fourth-order valence-corrected chi connectivity index (χ4v) is 1.92. The summed E-state index contributed by atoms with van der Waals surface area (Å²) in [4.78, 5) is 13.9. The Labute approximate surface area is 98.0 Å². The third-order valence-corrected chi connectivity index (χ3v) is 2.86. The zero-order valence-corrected chi connectivity index (χ0v) is 10.5. The van der Waals surface area contributed by atoms with Gasteiger partial charge in [-0.1, -0.05) is 6.92 Å². The number of piperazine rings is 1. The minimum absolute atomic E-state index is 0. The predicted octanol–water partition coefficient (Wildman–Crippen LogP) is 0.212. The first-order valence-corrected chi connectivity index (χ1v) is 5.30. The molecule has 1 heterocycles. The standard InChI is InChI=1S/C10H21N3O.ClH/c1-7(4-11)10(14)13-8(2)5-12-6-9(13)3;/h7-9,12H,4-6,11H2,1-3H3;1H/t7?,8-,9+;. The van der Waals surface area contributed by atoms with Gasteiger partial charge in [-0.2, -0.15) is 0 Å². The van der Waals surface area contributed by atoms with Crippen LogP contribution < -0.4 is 11.1 Å². The molecule has 0 aromatic carbocycles. The Bertz CT molecular complexity index is 203. The second kappa shape index (κ2) is 6.30. The summed E-state index contributed by atoms with van der Waals surface area (Å²) in [7, 11) is 0. The number of carbonyl (C=O) groups excluding carboxylic acids is 1. The highest BCUT2D eigenvalue weighted by Gasteiger charge is 2.30. The minimum atomic E-state index is -0.0574. The predicted molar refractivity (Wildman–Crippen MR) is 64.1 cm³/mol. The quantitative estimate of drug-likeness (QED) is 0.720. The molecular formula is C10H22ClN3O. The van der Waals surface area contributed by atoms with Crippen molar-refractivity contribution >= 4 is 18.3 Å². The van der Waals surface area contributed by atoms with Gasteiger partial charge in [0.15, 0.2) is 0 Å². The third-order valence-electron chi connectivity index (χ3n) is 2.86. The summed E-state index contributed by atoms with van der Waals surface area (Å²) in [6.07, 6.45) is 0. The Balaban J connectivity index is 0.00000196. The summed E-state index contributed by atoms with van der Waals surface area (Å²) < 4.78 is 0. The molecule has 0 saturated carbocycles. The number of hydrogen-bond donors (Lipinski definition) is 2. The number of nitrogens with zero attached hydrogens (tertiary/aromatic N) is 1. The summed E-state index contributed by atoms with van der Waals surface area (Å²) in [5.74, 6) is 0.131. The lowest BCUT2D eigenvalue weighted by atomic mass is 10.0. The van der Waals surface area contributed by atoms with Gasteiger partial charge in [0, 0.05) is 37.6 Å². The minimum Gasteiger partial charge on any atom is -0.334 e. The highest BCUT2D eigenvalue weighted by molar-refractivity contribution is 5.85. The van der Waals surface area contributed by atoms with E-state index in [0.29, 0.717) is 6.54 Å². The molecule has 0 bridgehead atoms. The summed E-state index contributed by atoms with van der Waals surface area (Å²) in [6, 6.07) is 0.556. The lowest BCUT2D eigenvalue weighted by molar-refractivity contribution is -0.140. The van der Waals surface area contributed by atoms with Crippen LogP contribution >= 0.6 is 12.4 Å². The van der Waals surface area contributed by atoms with Crippen LogP contribution in [0.25, 0.3) is 0 Å². The number of amides is 1. The van der Waals surface area contributed by atoms with E-state index in [4.69, 9.17) is 5.73 Å². The van der Waals surface area contributed by atoms with Crippen LogP contribution in [0, 0.1) is 5.92 Å². The molecule has 3 atom stereocenters. The van der Waals surface area contributed by atoms with E-state index in [1.54, 1.807) is 0 Å². The van der Waals surface area contributed by atoms with Gasteiger partial charge in [0.2, 0.25) is 5.91 Å². The number of hydrogen-bond acceptors (Lipinski definition) is 3. The van der Waals surface area contributed by atoms with Gasteiger partial charge < -0.3 is 16.0 Å². The van der Waals surface area contributed by atoms with Crippen molar-refractivity contribution in [2.75, 3.05) is 19.6 Å². The second-order valence-electron chi connectivity index (χ2n) is 4.24. The van der Waals surface area contributed by atoms with E-state index in [1.165, 1.54) is 0 Å². The Hall–Kier alpha value is -0.320. The Kier molecular flexibility index (Phi) is 6.17. The van der Waals surface area contributed by atoms with Crippen LogP contribution in [0.4, 0.5) is 0 Å². The van der Waals surface area contributed by atoms with E-state index < -0.39 is 0 Å². The van der Waals surface area contributed by atoms with Crippen molar-refractivity contribution in [3.8, 4) is 0 Å². The van der Waals surface area contributed by atoms with Crippen molar-refractivity contribution in [2.45, 2.75) is 32.9 Å².